The van der Waals surface area contributed by atoms with Crippen LogP contribution in [0.3, 0.4) is 0 Å². The fourth-order valence-corrected chi connectivity index (χ4v) is 3.02. The minimum Gasteiger partial charge on any atom is -0.314 e. The first-order valence-electron chi connectivity index (χ1n) is 7.70. The van der Waals surface area contributed by atoms with E-state index >= 15 is 0 Å². The Balaban J connectivity index is 2.32. The quantitative estimate of drug-likeness (QED) is 0.621. The molecule has 3 heteroatoms. The minimum absolute atomic E-state index is 0.0918. The van der Waals surface area contributed by atoms with E-state index in [9.17, 15) is 8.78 Å². The molecule has 0 radical (unpaired) electrons. The van der Waals surface area contributed by atoms with Crippen molar-refractivity contribution in [1.82, 2.24) is 5.32 Å². The van der Waals surface area contributed by atoms with E-state index in [0.29, 0.717) is 24.8 Å². The van der Waals surface area contributed by atoms with Crippen LogP contribution in [-0.2, 0) is 0 Å². The van der Waals surface area contributed by atoms with Crippen LogP contribution < -0.4 is 5.32 Å². The van der Waals surface area contributed by atoms with E-state index in [0.717, 1.165) is 13.0 Å². The summed E-state index contributed by atoms with van der Waals surface area (Å²) in [6, 6.07) is 0.461. The molecule has 0 aromatic rings. The van der Waals surface area contributed by atoms with E-state index in [1.807, 2.05) is 0 Å². The number of unbranched alkanes of at least 4 members (excludes halogenated alkanes) is 3. The highest BCUT2D eigenvalue weighted by Gasteiger charge is 2.37. The predicted octanol–water partition coefficient (Wildman–Crippen LogP) is 4.76. The number of alkyl halides is 2. The molecule has 0 spiro atoms. The largest absolute Gasteiger partial charge is 0.314 e. The molecule has 1 saturated carbocycles. The van der Waals surface area contributed by atoms with Gasteiger partial charge in [0, 0.05) is 18.9 Å². The Kier molecular flexibility index (Phi) is 7.13. The molecule has 0 aliphatic heterocycles. The smallest absolute Gasteiger partial charge is 0.248 e. The van der Waals surface area contributed by atoms with Crippen molar-refractivity contribution in [2.45, 2.75) is 83.6 Å². The molecular weight excluding hydrogens is 232 g/mol. The van der Waals surface area contributed by atoms with Crippen molar-refractivity contribution in [3.05, 3.63) is 0 Å². The average molecular weight is 261 g/mol. The zero-order chi connectivity index (χ0) is 13.4. The summed E-state index contributed by atoms with van der Waals surface area (Å²) >= 11 is 0. The first kappa shape index (κ1) is 15.9. The first-order chi connectivity index (χ1) is 8.59. The van der Waals surface area contributed by atoms with Gasteiger partial charge in [-0.3, -0.25) is 0 Å². The number of hydrogen-bond acceptors (Lipinski definition) is 1. The maximum atomic E-state index is 13.2. The van der Waals surface area contributed by atoms with Crippen LogP contribution in [0.1, 0.15) is 71.6 Å². The van der Waals surface area contributed by atoms with Crippen LogP contribution in [0.25, 0.3) is 0 Å². The van der Waals surface area contributed by atoms with Crippen molar-refractivity contribution in [3.63, 3.8) is 0 Å². The van der Waals surface area contributed by atoms with Crippen molar-refractivity contribution < 1.29 is 8.78 Å². The Morgan fingerprint density at radius 1 is 1.11 bits per heavy atom. The molecule has 1 N–H and O–H groups in total. The highest BCUT2D eigenvalue weighted by atomic mass is 19.3. The van der Waals surface area contributed by atoms with Gasteiger partial charge in [-0.2, -0.15) is 0 Å². The Bertz CT molecular complexity index is 209. The molecular formula is C15H29F2N. The molecule has 0 amide bonds. The molecule has 1 fully saturated rings. The van der Waals surface area contributed by atoms with E-state index in [1.165, 1.54) is 25.7 Å². The molecule has 1 aliphatic carbocycles. The molecule has 0 aromatic carbocycles. The molecule has 1 rings (SSSR count). The van der Waals surface area contributed by atoms with Crippen molar-refractivity contribution in [2.75, 3.05) is 6.54 Å². The molecule has 1 aliphatic rings. The van der Waals surface area contributed by atoms with Crippen molar-refractivity contribution in [2.24, 2.45) is 5.92 Å². The summed E-state index contributed by atoms with van der Waals surface area (Å²) in [6.45, 7) is 5.27. The SMILES string of the molecule is CCCCCCC(NCC)C1CCC(F)(F)CC1. The molecule has 0 saturated heterocycles. The van der Waals surface area contributed by atoms with E-state index in [-0.39, 0.29) is 12.8 Å². The van der Waals surface area contributed by atoms with Gasteiger partial charge in [-0.1, -0.05) is 39.5 Å². The number of halogens is 2. The zero-order valence-electron chi connectivity index (χ0n) is 12.0. The van der Waals surface area contributed by atoms with Crippen LogP contribution in [-0.4, -0.2) is 18.5 Å². The van der Waals surface area contributed by atoms with Crippen molar-refractivity contribution in [3.8, 4) is 0 Å². The number of rotatable bonds is 8. The Hall–Kier alpha value is -0.180. The maximum absolute atomic E-state index is 13.2. The molecule has 1 nitrogen and oxygen atoms in total. The topological polar surface area (TPSA) is 12.0 Å². The molecule has 108 valence electrons. The van der Waals surface area contributed by atoms with Gasteiger partial charge < -0.3 is 5.32 Å². The fourth-order valence-electron chi connectivity index (χ4n) is 3.02. The van der Waals surface area contributed by atoms with Crippen LogP contribution in [0.4, 0.5) is 8.78 Å². The van der Waals surface area contributed by atoms with Gasteiger partial charge in [-0.25, -0.2) is 8.78 Å². The van der Waals surface area contributed by atoms with E-state index < -0.39 is 5.92 Å². The molecule has 0 aromatic heterocycles. The normalized spacial score (nSPS) is 22.0. The van der Waals surface area contributed by atoms with Gasteiger partial charge in [-0.05, 0) is 31.7 Å². The summed E-state index contributed by atoms with van der Waals surface area (Å²) in [5.74, 6) is -1.93. The standard InChI is InChI=1S/C15H29F2N/c1-3-5-6-7-8-14(18-4-2)13-9-11-15(16,17)12-10-13/h13-14,18H,3-12H2,1-2H3. The third kappa shape index (κ3) is 5.64. The second-order valence-corrected chi connectivity index (χ2v) is 5.71. The predicted molar refractivity (Wildman–Crippen MR) is 73.1 cm³/mol. The van der Waals surface area contributed by atoms with Gasteiger partial charge in [0.1, 0.15) is 0 Å². The Labute approximate surface area is 111 Å². The average Bonchev–Trinajstić information content (AvgIpc) is 2.33. The zero-order valence-corrected chi connectivity index (χ0v) is 12.0. The van der Waals surface area contributed by atoms with Gasteiger partial charge >= 0.3 is 0 Å². The lowest BCUT2D eigenvalue weighted by Gasteiger charge is -2.34. The molecule has 1 unspecified atom stereocenters. The van der Waals surface area contributed by atoms with Crippen LogP contribution in [0, 0.1) is 5.92 Å². The summed E-state index contributed by atoms with van der Waals surface area (Å²) in [4.78, 5) is 0. The van der Waals surface area contributed by atoms with Crippen LogP contribution in [0.5, 0.6) is 0 Å². The second-order valence-electron chi connectivity index (χ2n) is 5.71. The van der Waals surface area contributed by atoms with E-state index in [2.05, 4.69) is 19.2 Å². The van der Waals surface area contributed by atoms with Crippen molar-refractivity contribution >= 4 is 0 Å². The van der Waals surface area contributed by atoms with Gasteiger partial charge in [0.2, 0.25) is 5.92 Å². The van der Waals surface area contributed by atoms with Gasteiger partial charge in [-0.15, -0.1) is 0 Å². The molecule has 0 heterocycles. The molecule has 0 bridgehead atoms. The highest BCUT2D eigenvalue weighted by Crippen LogP contribution is 2.38. The van der Waals surface area contributed by atoms with E-state index in [4.69, 9.17) is 0 Å². The minimum atomic E-state index is -2.39. The van der Waals surface area contributed by atoms with Gasteiger partial charge in [0.25, 0.3) is 0 Å². The Morgan fingerprint density at radius 2 is 1.78 bits per heavy atom. The number of hydrogen-bond donors (Lipinski definition) is 1. The van der Waals surface area contributed by atoms with Crippen LogP contribution >= 0.6 is 0 Å². The third-order valence-electron chi connectivity index (χ3n) is 4.17. The molecule has 18 heavy (non-hydrogen) atoms. The summed E-state index contributed by atoms with van der Waals surface area (Å²) in [5.41, 5.74) is 0. The Morgan fingerprint density at radius 3 is 2.33 bits per heavy atom. The first-order valence-corrected chi connectivity index (χ1v) is 7.70. The summed E-state index contributed by atoms with van der Waals surface area (Å²) < 4.78 is 26.3. The lowest BCUT2D eigenvalue weighted by Crippen LogP contribution is -2.39. The highest BCUT2D eigenvalue weighted by molar-refractivity contribution is 4.84. The lowest BCUT2D eigenvalue weighted by atomic mass is 9.80. The van der Waals surface area contributed by atoms with Crippen LogP contribution in [0.15, 0.2) is 0 Å². The van der Waals surface area contributed by atoms with Gasteiger partial charge in [0.05, 0.1) is 0 Å². The summed E-state index contributed by atoms with van der Waals surface area (Å²) in [7, 11) is 0. The number of nitrogens with one attached hydrogen (secondary N) is 1. The lowest BCUT2D eigenvalue weighted by molar-refractivity contribution is -0.0498. The molecule has 1 atom stereocenters. The summed E-state index contributed by atoms with van der Waals surface area (Å²) in [5, 5.41) is 3.51. The summed E-state index contributed by atoms with van der Waals surface area (Å²) in [6.07, 6.45) is 7.78. The van der Waals surface area contributed by atoms with Crippen LogP contribution in [0.2, 0.25) is 0 Å². The monoisotopic (exact) mass is 261 g/mol. The maximum Gasteiger partial charge on any atom is 0.248 e. The fraction of sp³-hybridized carbons (Fsp3) is 1.00. The van der Waals surface area contributed by atoms with E-state index in [1.54, 1.807) is 0 Å². The van der Waals surface area contributed by atoms with Crippen molar-refractivity contribution in [1.29, 1.82) is 0 Å². The van der Waals surface area contributed by atoms with Gasteiger partial charge in [0.15, 0.2) is 0 Å². The second kappa shape index (κ2) is 8.08. The third-order valence-corrected chi connectivity index (χ3v) is 4.17.